The van der Waals surface area contributed by atoms with E-state index >= 15 is 0 Å². The molecule has 2 unspecified atom stereocenters. The average molecular weight is 499 g/mol. The molecule has 1 aliphatic heterocycles. The molecule has 2 aliphatic rings. The number of hydrogen-bond acceptors (Lipinski definition) is 6. The molecule has 8 nitrogen and oxygen atoms in total. The molecule has 1 aliphatic carbocycles. The standard InChI is InChI=1S/C25H46N4O4S/c1-6-14-33-24(32)28-21(25(4,5)34-16-17(2)3)23(31)29-13-7-8-20(29)22(30)27-15-18-9-11-19(26)12-10-18/h17-21H,6-16,26H2,1-5H3,(H,27,30)(H,28,32). The largest absolute Gasteiger partial charge is 0.450 e. The molecule has 3 amide bonds. The Morgan fingerprint density at radius 1 is 1.15 bits per heavy atom. The molecule has 9 heteroatoms. The molecule has 0 radical (unpaired) electrons. The lowest BCUT2D eigenvalue weighted by molar-refractivity contribution is -0.140. The molecule has 2 rings (SSSR count). The van der Waals surface area contributed by atoms with Gasteiger partial charge in [0.1, 0.15) is 12.1 Å². The van der Waals surface area contributed by atoms with Gasteiger partial charge in [-0.1, -0.05) is 20.8 Å². The molecule has 34 heavy (non-hydrogen) atoms. The molecule has 1 saturated heterocycles. The van der Waals surface area contributed by atoms with Gasteiger partial charge in [-0.15, -0.1) is 0 Å². The van der Waals surface area contributed by atoms with Crippen LogP contribution in [0.25, 0.3) is 0 Å². The predicted molar refractivity (Wildman–Crippen MR) is 138 cm³/mol. The summed E-state index contributed by atoms with van der Waals surface area (Å²) in [5.74, 6) is 1.45. The van der Waals surface area contributed by atoms with Gasteiger partial charge in [0.25, 0.3) is 0 Å². The number of thioether (sulfide) groups is 1. The van der Waals surface area contributed by atoms with Crippen molar-refractivity contribution in [2.45, 2.75) is 102 Å². The van der Waals surface area contributed by atoms with Crippen LogP contribution in [0.1, 0.15) is 79.6 Å². The average Bonchev–Trinajstić information content (AvgIpc) is 3.29. The van der Waals surface area contributed by atoms with Crippen LogP contribution in [0.4, 0.5) is 4.79 Å². The molecule has 0 aromatic carbocycles. The van der Waals surface area contributed by atoms with Crippen LogP contribution < -0.4 is 16.4 Å². The van der Waals surface area contributed by atoms with Gasteiger partial charge in [-0.2, -0.15) is 11.8 Å². The van der Waals surface area contributed by atoms with Crippen LogP contribution >= 0.6 is 11.8 Å². The number of amides is 3. The van der Waals surface area contributed by atoms with Crippen LogP contribution in [0, 0.1) is 11.8 Å². The van der Waals surface area contributed by atoms with Crippen molar-refractivity contribution in [1.82, 2.24) is 15.5 Å². The van der Waals surface area contributed by atoms with Gasteiger partial charge in [0.05, 0.1) is 6.61 Å². The summed E-state index contributed by atoms with van der Waals surface area (Å²) in [7, 11) is 0. The van der Waals surface area contributed by atoms with Crippen molar-refractivity contribution >= 4 is 29.7 Å². The second kappa shape index (κ2) is 13.6. The Labute approximate surface area is 209 Å². The van der Waals surface area contributed by atoms with Crippen molar-refractivity contribution in [3.05, 3.63) is 0 Å². The van der Waals surface area contributed by atoms with Crippen LogP contribution in [0.2, 0.25) is 0 Å². The van der Waals surface area contributed by atoms with Gasteiger partial charge >= 0.3 is 6.09 Å². The van der Waals surface area contributed by atoms with E-state index < -0.39 is 22.9 Å². The summed E-state index contributed by atoms with van der Waals surface area (Å²) in [6.07, 6.45) is 5.59. The summed E-state index contributed by atoms with van der Waals surface area (Å²) in [6.45, 7) is 11.6. The van der Waals surface area contributed by atoms with E-state index in [-0.39, 0.29) is 17.9 Å². The number of alkyl carbamates (subject to hydrolysis) is 1. The zero-order chi connectivity index (χ0) is 25.3. The van der Waals surface area contributed by atoms with E-state index in [9.17, 15) is 14.4 Å². The SMILES string of the molecule is CCCOC(=O)NC(C(=O)N1CCCC1C(=O)NCC1CCC(N)CC1)C(C)(C)SCC(C)C. The Morgan fingerprint density at radius 2 is 1.82 bits per heavy atom. The van der Waals surface area contributed by atoms with E-state index in [1.54, 1.807) is 16.7 Å². The lowest BCUT2D eigenvalue weighted by Crippen LogP contribution is -2.60. The van der Waals surface area contributed by atoms with Gasteiger partial charge in [0.15, 0.2) is 0 Å². The topological polar surface area (TPSA) is 114 Å². The fourth-order valence-electron chi connectivity index (χ4n) is 4.58. The van der Waals surface area contributed by atoms with E-state index in [1.807, 2.05) is 20.8 Å². The molecule has 0 spiro atoms. The molecule has 0 bridgehead atoms. The minimum Gasteiger partial charge on any atom is -0.450 e. The summed E-state index contributed by atoms with van der Waals surface area (Å²) in [5.41, 5.74) is 5.99. The zero-order valence-electron chi connectivity index (χ0n) is 21.7. The highest BCUT2D eigenvalue weighted by Crippen LogP contribution is 2.32. The maximum atomic E-state index is 13.8. The van der Waals surface area contributed by atoms with Crippen molar-refractivity contribution < 1.29 is 19.1 Å². The fourth-order valence-corrected chi connectivity index (χ4v) is 5.67. The van der Waals surface area contributed by atoms with E-state index in [2.05, 4.69) is 24.5 Å². The number of nitrogens with two attached hydrogens (primary N) is 1. The number of nitrogens with zero attached hydrogens (tertiary/aromatic N) is 1. The summed E-state index contributed by atoms with van der Waals surface area (Å²) in [4.78, 5) is 40.9. The van der Waals surface area contributed by atoms with Crippen molar-refractivity contribution in [2.24, 2.45) is 17.6 Å². The summed E-state index contributed by atoms with van der Waals surface area (Å²) < 4.78 is 4.67. The number of likely N-dealkylation sites (tertiary alicyclic amines) is 1. The summed E-state index contributed by atoms with van der Waals surface area (Å²) in [6, 6.07) is -1.01. The Balaban J connectivity index is 2.07. The molecule has 0 aromatic heterocycles. The first-order valence-corrected chi connectivity index (χ1v) is 13.9. The number of ether oxygens (including phenoxy) is 1. The lowest BCUT2D eigenvalue weighted by Gasteiger charge is -2.37. The minimum absolute atomic E-state index is 0.0966. The van der Waals surface area contributed by atoms with Crippen LogP contribution in [0.15, 0.2) is 0 Å². The third-order valence-electron chi connectivity index (χ3n) is 6.73. The Hall–Kier alpha value is -1.48. The monoisotopic (exact) mass is 498 g/mol. The number of nitrogens with one attached hydrogen (secondary N) is 2. The first kappa shape index (κ1) is 28.8. The number of carbonyl (C=O) groups excluding carboxylic acids is 3. The van der Waals surface area contributed by atoms with Crippen LogP contribution in [0.5, 0.6) is 0 Å². The third-order valence-corrected chi connectivity index (χ3v) is 8.54. The number of carbonyl (C=O) groups is 3. The normalized spacial score (nSPS) is 24.1. The lowest BCUT2D eigenvalue weighted by atomic mass is 9.86. The fraction of sp³-hybridized carbons (Fsp3) is 0.880. The number of rotatable bonds is 11. The van der Waals surface area contributed by atoms with Crippen molar-refractivity contribution in [3.63, 3.8) is 0 Å². The van der Waals surface area contributed by atoms with Gasteiger partial charge in [0, 0.05) is 23.9 Å². The van der Waals surface area contributed by atoms with Gasteiger partial charge in [-0.25, -0.2) is 4.79 Å². The predicted octanol–water partition coefficient (Wildman–Crippen LogP) is 3.28. The second-order valence-corrected chi connectivity index (χ2v) is 12.4. The molecule has 1 saturated carbocycles. The Kier molecular flexibility index (Phi) is 11.5. The van der Waals surface area contributed by atoms with Crippen LogP contribution in [-0.4, -0.2) is 71.1 Å². The molecule has 2 atom stereocenters. The van der Waals surface area contributed by atoms with Crippen molar-refractivity contribution in [2.75, 3.05) is 25.4 Å². The van der Waals surface area contributed by atoms with Gasteiger partial charge in [0.2, 0.25) is 11.8 Å². The van der Waals surface area contributed by atoms with E-state index in [0.29, 0.717) is 44.4 Å². The number of hydrogen-bond donors (Lipinski definition) is 3. The van der Waals surface area contributed by atoms with Gasteiger partial charge < -0.3 is 26.0 Å². The van der Waals surface area contributed by atoms with Crippen molar-refractivity contribution in [3.8, 4) is 0 Å². The van der Waals surface area contributed by atoms with Crippen LogP contribution in [-0.2, 0) is 14.3 Å². The highest BCUT2D eigenvalue weighted by molar-refractivity contribution is 8.00. The molecule has 196 valence electrons. The quantitative estimate of drug-likeness (QED) is 0.403. The second-order valence-electron chi connectivity index (χ2n) is 10.7. The van der Waals surface area contributed by atoms with E-state index in [0.717, 1.165) is 37.9 Å². The molecular weight excluding hydrogens is 452 g/mol. The molecular formula is C25H46N4O4S. The summed E-state index contributed by atoms with van der Waals surface area (Å²) >= 11 is 1.66. The molecule has 1 heterocycles. The van der Waals surface area contributed by atoms with E-state index in [4.69, 9.17) is 10.5 Å². The third kappa shape index (κ3) is 8.63. The first-order chi connectivity index (χ1) is 16.0. The molecule has 0 aromatic rings. The first-order valence-electron chi connectivity index (χ1n) is 13.0. The molecule has 2 fully saturated rings. The van der Waals surface area contributed by atoms with Crippen molar-refractivity contribution in [1.29, 1.82) is 0 Å². The van der Waals surface area contributed by atoms with Gasteiger partial charge in [-0.05, 0) is 76.4 Å². The highest BCUT2D eigenvalue weighted by Gasteiger charge is 2.44. The highest BCUT2D eigenvalue weighted by atomic mass is 32.2. The smallest absolute Gasteiger partial charge is 0.407 e. The Morgan fingerprint density at radius 3 is 2.44 bits per heavy atom. The zero-order valence-corrected chi connectivity index (χ0v) is 22.5. The van der Waals surface area contributed by atoms with Crippen LogP contribution in [0.3, 0.4) is 0 Å². The van der Waals surface area contributed by atoms with E-state index in [1.165, 1.54) is 0 Å². The Bertz CT molecular complexity index is 680. The summed E-state index contributed by atoms with van der Waals surface area (Å²) in [5, 5.41) is 5.91. The maximum absolute atomic E-state index is 13.8. The molecule has 4 N–H and O–H groups in total. The van der Waals surface area contributed by atoms with Gasteiger partial charge in [-0.3, -0.25) is 9.59 Å². The maximum Gasteiger partial charge on any atom is 0.407 e. The minimum atomic E-state index is -0.783.